The normalized spacial score (nSPS) is 15.3. The minimum absolute atomic E-state index is 0.714. The van der Waals surface area contributed by atoms with E-state index in [4.69, 9.17) is 19.2 Å². The Labute approximate surface area is 172 Å². The molecule has 0 radical (unpaired) electrons. The fraction of sp³-hybridized carbons (Fsp3) is 0.375. The highest BCUT2D eigenvalue weighted by molar-refractivity contribution is 5.86. The summed E-state index contributed by atoms with van der Waals surface area (Å²) in [5, 5.41) is 1.18. The number of rotatable bonds is 5. The number of benzene rings is 2. The Bertz CT molecular complexity index is 995. The highest BCUT2D eigenvalue weighted by Crippen LogP contribution is 2.34. The van der Waals surface area contributed by atoms with E-state index in [9.17, 15) is 0 Å². The molecule has 0 unspecified atom stereocenters. The lowest BCUT2D eigenvalue weighted by Crippen LogP contribution is -2.26. The second-order valence-electron chi connectivity index (χ2n) is 7.45. The highest BCUT2D eigenvalue weighted by Gasteiger charge is 2.17. The van der Waals surface area contributed by atoms with Gasteiger partial charge < -0.3 is 14.2 Å². The van der Waals surface area contributed by atoms with Crippen LogP contribution in [0.2, 0.25) is 0 Å². The monoisotopic (exact) mass is 392 g/mol. The maximum atomic E-state index is 5.63. The Hall–Kier alpha value is -2.63. The van der Waals surface area contributed by atoms with Gasteiger partial charge in [-0.05, 0) is 48.7 Å². The molecule has 3 aromatic rings. The van der Waals surface area contributed by atoms with Crippen molar-refractivity contribution in [3.63, 3.8) is 0 Å². The highest BCUT2D eigenvalue weighted by atomic mass is 16.5. The number of hydrogen-bond donors (Lipinski definition) is 0. The molecule has 0 atom stereocenters. The number of para-hydroxylation sites is 1. The van der Waals surface area contributed by atoms with Gasteiger partial charge in [-0.3, -0.25) is 4.90 Å². The van der Waals surface area contributed by atoms with E-state index in [1.165, 1.54) is 16.5 Å². The Morgan fingerprint density at radius 3 is 2.69 bits per heavy atom. The molecule has 0 amide bonds. The fourth-order valence-electron chi connectivity index (χ4n) is 3.94. The third kappa shape index (κ3) is 4.21. The Morgan fingerprint density at radius 2 is 1.86 bits per heavy atom. The van der Waals surface area contributed by atoms with Crippen LogP contribution in [-0.4, -0.2) is 50.4 Å². The van der Waals surface area contributed by atoms with Crippen molar-refractivity contribution in [3.05, 3.63) is 53.6 Å². The van der Waals surface area contributed by atoms with E-state index < -0.39 is 0 Å². The molecule has 152 valence electrons. The zero-order valence-electron chi connectivity index (χ0n) is 17.4. The predicted molar refractivity (Wildman–Crippen MR) is 116 cm³/mol. The summed E-state index contributed by atoms with van der Waals surface area (Å²) >= 11 is 0. The first-order valence-electron chi connectivity index (χ1n) is 10.1. The van der Waals surface area contributed by atoms with Crippen LogP contribution in [0, 0.1) is 6.92 Å². The number of ether oxygens (including phenoxy) is 3. The van der Waals surface area contributed by atoms with Crippen molar-refractivity contribution in [2.24, 2.45) is 0 Å². The van der Waals surface area contributed by atoms with Crippen LogP contribution in [0.1, 0.15) is 17.5 Å². The molecule has 1 aromatic heterocycles. The summed E-state index contributed by atoms with van der Waals surface area (Å²) in [4.78, 5) is 7.56. The quantitative estimate of drug-likeness (QED) is 0.642. The van der Waals surface area contributed by atoms with Gasteiger partial charge >= 0.3 is 0 Å². The van der Waals surface area contributed by atoms with E-state index in [0.29, 0.717) is 5.75 Å². The van der Waals surface area contributed by atoms with Crippen LogP contribution in [0.4, 0.5) is 0 Å². The third-order valence-corrected chi connectivity index (χ3v) is 5.49. The molecule has 1 saturated heterocycles. The van der Waals surface area contributed by atoms with Crippen molar-refractivity contribution in [2.75, 3.05) is 40.5 Å². The molecule has 0 saturated carbocycles. The van der Waals surface area contributed by atoms with Gasteiger partial charge in [0.2, 0.25) is 0 Å². The minimum atomic E-state index is 0.714. The fourth-order valence-corrected chi connectivity index (χ4v) is 3.94. The second kappa shape index (κ2) is 8.80. The summed E-state index contributed by atoms with van der Waals surface area (Å²) < 4.78 is 16.6. The first-order chi connectivity index (χ1) is 14.2. The number of hydrogen-bond acceptors (Lipinski definition) is 5. The number of fused-ring (bicyclic) bond motifs is 1. The Morgan fingerprint density at radius 1 is 1.00 bits per heavy atom. The molecule has 0 N–H and O–H groups in total. The molecule has 1 fully saturated rings. The SMILES string of the molecule is COc1ccc(-c2nc3c(C)cccc3cc2CN2CCCOCC2)cc1OC. The van der Waals surface area contributed by atoms with Crippen molar-refractivity contribution in [1.29, 1.82) is 0 Å². The number of pyridine rings is 1. The van der Waals surface area contributed by atoms with E-state index in [1.807, 2.05) is 12.1 Å². The van der Waals surface area contributed by atoms with Crippen LogP contribution < -0.4 is 9.47 Å². The van der Waals surface area contributed by atoms with E-state index in [1.54, 1.807) is 14.2 Å². The zero-order chi connectivity index (χ0) is 20.2. The molecular formula is C24H28N2O3. The molecule has 2 aromatic carbocycles. The number of aryl methyl sites for hydroxylation is 1. The summed E-state index contributed by atoms with van der Waals surface area (Å²) in [6.45, 7) is 6.57. The third-order valence-electron chi connectivity index (χ3n) is 5.49. The van der Waals surface area contributed by atoms with E-state index >= 15 is 0 Å². The van der Waals surface area contributed by atoms with Gasteiger partial charge in [0.1, 0.15) is 0 Å². The summed E-state index contributed by atoms with van der Waals surface area (Å²) in [6.07, 6.45) is 1.06. The van der Waals surface area contributed by atoms with Gasteiger partial charge in [0.25, 0.3) is 0 Å². The molecule has 5 nitrogen and oxygen atoms in total. The first-order valence-corrected chi connectivity index (χ1v) is 10.1. The topological polar surface area (TPSA) is 43.8 Å². The second-order valence-corrected chi connectivity index (χ2v) is 7.45. The average molecular weight is 392 g/mol. The molecule has 0 spiro atoms. The summed E-state index contributed by atoms with van der Waals surface area (Å²) in [5.74, 6) is 1.44. The van der Waals surface area contributed by atoms with Crippen LogP contribution in [-0.2, 0) is 11.3 Å². The smallest absolute Gasteiger partial charge is 0.161 e. The van der Waals surface area contributed by atoms with Crippen LogP contribution in [0.25, 0.3) is 22.2 Å². The van der Waals surface area contributed by atoms with Gasteiger partial charge in [0.15, 0.2) is 11.5 Å². The van der Waals surface area contributed by atoms with Gasteiger partial charge in [-0.15, -0.1) is 0 Å². The molecule has 1 aliphatic heterocycles. The lowest BCUT2D eigenvalue weighted by Gasteiger charge is -2.21. The van der Waals surface area contributed by atoms with Gasteiger partial charge in [0.05, 0.1) is 32.0 Å². The largest absolute Gasteiger partial charge is 0.493 e. The van der Waals surface area contributed by atoms with Crippen LogP contribution in [0.3, 0.4) is 0 Å². The van der Waals surface area contributed by atoms with Crippen LogP contribution in [0.5, 0.6) is 11.5 Å². The lowest BCUT2D eigenvalue weighted by molar-refractivity contribution is 0.140. The maximum Gasteiger partial charge on any atom is 0.161 e. The first kappa shape index (κ1) is 19.7. The summed E-state index contributed by atoms with van der Waals surface area (Å²) in [6, 6.07) is 14.7. The summed E-state index contributed by atoms with van der Waals surface area (Å²) in [5.41, 5.74) is 5.48. The van der Waals surface area contributed by atoms with Gasteiger partial charge in [-0.25, -0.2) is 4.98 Å². The van der Waals surface area contributed by atoms with Gasteiger partial charge in [-0.1, -0.05) is 18.2 Å². The van der Waals surface area contributed by atoms with Gasteiger partial charge in [-0.2, -0.15) is 0 Å². The van der Waals surface area contributed by atoms with E-state index in [2.05, 4.69) is 42.2 Å². The maximum absolute atomic E-state index is 5.63. The van der Waals surface area contributed by atoms with Crippen molar-refractivity contribution in [1.82, 2.24) is 9.88 Å². The minimum Gasteiger partial charge on any atom is -0.493 e. The molecule has 0 aliphatic carbocycles. The van der Waals surface area contributed by atoms with Gasteiger partial charge in [0, 0.05) is 37.2 Å². The lowest BCUT2D eigenvalue weighted by atomic mass is 10.0. The number of methoxy groups -OCH3 is 2. The molecule has 4 rings (SSSR count). The zero-order valence-corrected chi connectivity index (χ0v) is 17.4. The van der Waals surface area contributed by atoms with Crippen LogP contribution in [0.15, 0.2) is 42.5 Å². The Balaban J connectivity index is 1.82. The van der Waals surface area contributed by atoms with Crippen molar-refractivity contribution in [3.8, 4) is 22.8 Å². The van der Waals surface area contributed by atoms with Crippen LogP contribution >= 0.6 is 0 Å². The van der Waals surface area contributed by atoms with E-state index in [-0.39, 0.29) is 0 Å². The molecule has 0 bridgehead atoms. The van der Waals surface area contributed by atoms with E-state index in [0.717, 1.165) is 61.8 Å². The Kier molecular flexibility index (Phi) is 5.97. The number of nitrogens with zero attached hydrogens (tertiary/aromatic N) is 2. The predicted octanol–water partition coefficient (Wildman–Crippen LogP) is 4.45. The molecule has 5 heteroatoms. The molecule has 2 heterocycles. The standard InChI is InChI=1S/C24H28N2O3/c1-17-6-4-7-18-14-20(16-26-10-5-12-29-13-11-26)24(25-23(17)18)19-8-9-21(27-2)22(15-19)28-3/h4,6-9,14-15H,5,10-13,16H2,1-3H3. The van der Waals surface area contributed by atoms with Crippen molar-refractivity contribution < 1.29 is 14.2 Å². The molecule has 1 aliphatic rings. The average Bonchev–Trinajstić information content (AvgIpc) is 3.02. The molecular weight excluding hydrogens is 364 g/mol. The number of aromatic nitrogens is 1. The molecule has 29 heavy (non-hydrogen) atoms. The van der Waals surface area contributed by atoms with Crippen molar-refractivity contribution in [2.45, 2.75) is 19.9 Å². The summed E-state index contributed by atoms with van der Waals surface area (Å²) in [7, 11) is 3.32. The van der Waals surface area contributed by atoms with Crippen molar-refractivity contribution >= 4 is 10.9 Å².